The lowest BCUT2D eigenvalue weighted by Gasteiger charge is -2.24. The number of benzene rings is 1. The maximum atomic E-state index is 13.9. The van der Waals surface area contributed by atoms with Crippen LogP contribution >= 0.6 is 0 Å². The molecule has 3 rings (SSSR count). The van der Waals surface area contributed by atoms with E-state index < -0.39 is 18.1 Å². The SMILES string of the molecule is CC(F)c1cc2c(cc1C1CC(C(=O)O)CN1)OCCO2. The molecule has 5 nitrogen and oxygen atoms in total. The number of hydrogen-bond acceptors (Lipinski definition) is 4. The Morgan fingerprint density at radius 1 is 1.38 bits per heavy atom. The van der Waals surface area contributed by atoms with E-state index in [1.165, 1.54) is 6.92 Å². The van der Waals surface area contributed by atoms with Crippen molar-refractivity contribution in [1.29, 1.82) is 0 Å². The van der Waals surface area contributed by atoms with Crippen molar-refractivity contribution >= 4 is 5.97 Å². The Kier molecular flexibility index (Phi) is 3.71. The fraction of sp³-hybridized carbons (Fsp3) is 0.533. The zero-order valence-corrected chi connectivity index (χ0v) is 11.8. The van der Waals surface area contributed by atoms with Gasteiger partial charge in [-0.3, -0.25) is 4.79 Å². The van der Waals surface area contributed by atoms with Crippen LogP contribution in [0.3, 0.4) is 0 Å². The molecule has 1 saturated heterocycles. The second kappa shape index (κ2) is 5.52. The lowest BCUT2D eigenvalue weighted by molar-refractivity contribution is -0.141. The van der Waals surface area contributed by atoms with Gasteiger partial charge < -0.3 is 19.9 Å². The first-order chi connectivity index (χ1) is 10.1. The quantitative estimate of drug-likeness (QED) is 0.895. The first kappa shape index (κ1) is 14.1. The molecule has 1 aromatic rings. The summed E-state index contributed by atoms with van der Waals surface area (Å²) in [6.45, 7) is 2.79. The van der Waals surface area contributed by atoms with E-state index in [-0.39, 0.29) is 6.04 Å². The minimum absolute atomic E-state index is 0.171. The van der Waals surface area contributed by atoms with E-state index in [0.29, 0.717) is 43.2 Å². The van der Waals surface area contributed by atoms with Crippen molar-refractivity contribution in [2.45, 2.75) is 25.6 Å². The molecule has 2 aliphatic heterocycles. The highest BCUT2D eigenvalue weighted by molar-refractivity contribution is 5.71. The Labute approximate surface area is 122 Å². The summed E-state index contributed by atoms with van der Waals surface area (Å²) in [7, 11) is 0. The Balaban J connectivity index is 1.95. The van der Waals surface area contributed by atoms with Gasteiger partial charge in [-0.1, -0.05) is 0 Å². The Morgan fingerprint density at radius 3 is 2.62 bits per heavy atom. The molecule has 0 aromatic heterocycles. The molecule has 2 N–H and O–H groups in total. The number of alkyl halides is 1. The molecule has 0 radical (unpaired) electrons. The van der Waals surface area contributed by atoms with Gasteiger partial charge in [-0.05, 0) is 36.6 Å². The van der Waals surface area contributed by atoms with Crippen LogP contribution in [0.2, 0.25) is 0 Å². The molecule has 1 aromatic carbocycles. The third-order valence-corrected chi connectivity index (χ3v) is 4.03. The number of carboxylic acids is 1. The van der Waals surface area contributed by atoms with Gasteiger partial charge in [-0.15, -0.1) is 0 Å². The van der Waals surface area contributed by atoms with E-state index in [1.807, 2.05) is 0 Å². The minimum Gasteiger partial charge on any atom is -0.486 e. The number of fused-ring (bicyclic) bond motifs is 1. The Bertz CT molecular complexity index is 561. The molecule has 2 heterocycles. The number of carboxylic acid groups (broad SMARTS) is 1. The van der Waals surface area contributed by atoms with Crippen LogP contribution in [0.1, 0.15) is 36.7 Å². The largest absolute Gasteiger partial charge is 0.486 e. The second-order valence-corrected chi connectivity index (χ2v) is 5.47. The Hall–Kier alpha value is -1.82. The lowest BCUT2D eigenvalue weighted by Crippen LogP contribution is -2.19. The van der Waals surface area contributed by atoms with E-state index in [1.54, 1.807) is 12.1 Å². The molecule has 0 bridgehead atoms. The van der Waals surface area contributed by atoms with Crippen LogP contribution in [0, 0.1) is 5.92 Å². The molecular weight excluding hydrogens is 277 g/mol. The highest BCUT2D eigenvalue weighted by atomic mass is 19.1. The van der Waals surface area contributed by atoms with Gasteiger partial charge in [0.05, 0.1) is 5.92 Å². The van der Waals surface area contributed by atoms with Gasteiger partial charge >= 0.3 is 5.97 Å². The summed E-state index contributed by atoms with van der Waals surface area (Å²) in [6, 6.07) is 3.28. The van der Waals surface area contributed by atoms with E-state index in [0.717, 1.165) is 5.56 Å². The molecule has 3 unspecified atom stereocenters. The van der Waals surface area contributed by atoms with Gasteiger partial charge in [-0.25, -0.2) is 4.39 Å². The van der Waals surface area contributed by atoms with Gasteiger partial charge in [0.1, 0.15) is 19.4 Å². The van der Waals surface area contributed by atoms with E-state index in [2.05, 4.69) is 5.32 Å². The van der Waals surface area contributed by atoms with Crippen molar-refractivity contribution in [2.75, 3.05) is 19.8 Å². The average molecular weight is 295 g/mol. The maximum absolute atomic E-state index is 13.9. The van der Waals surface area contributed by atoms with Crippen molar-refractivity contribution in [3.63, 3.8) is 0 Å². The summed E-state index contributed by atoms with van der Waals surface area (Å²) in [6.07, 6.45) is -0.698. The molecule has 0 spiro atoms. The number of nitrogens with one attached hydrogen (secondary N) is 1. The zero-order chi connectivity index (χ0) is 15.0. The van der Waals surface area contributed by atoms with E-state index in [9.17, 15) is 9.18 Å². The molecule has 21 heavy (non-hydrogen) atoms. The van der Waals surface area contributed by atoms with Crippen molar-refractivity contribution in [3.05, 3.63) is 23.3 Å². The van der Waals surface area contributed by atoms with Crippen LogP contribution in [0.5, 0.6) is 11.5 Å². The van der Waals surface area contributed by atoms with Crippen LogP contribution in [0.4, 0.5) is 4.39 Å². The minimum atomic E-state index is -1.15. The monoisotopic (exact) mass is 295 g/mol. The van der Waals surface area contributed by atoms with Crippen molar-refractivity contribution in [3.8, 4) is 11.5 Å². The summed E-state index contributed by atoms with van der Waals surface area (Å²) >= 11 is 0. The number of aliphatic carboxylic acids is 1. The highest BCUT2D eigenvalue weighted by Crippen LogP contribution is 2.41. The molecule has 0 amide bonds. The van der Waals surface area contributed by atoms with Crippen molar-refractivity contribution in [2.24, 2.45) is 5.92 Å². The van der Waals surface area contributed by atoms with Crippen LogP contribution in [0.15, 0.2) is 12.1 Å². The summed E-state index contributed by atoms with van der Waals surface area (Å²) in [5.74, 6) is -0.109. The number of rotatable bonds is 3. The molecule has 0 saturated carbocycles. The number of ether oxygens (including phenoxy) is 2. The molecule has 1 fully saturated rings. The molecule has 114 valence electrons. The summed E-state index contributed by atoms with van der Waals surface area (Å²) < 4.78 is 25.0. The highest BCUT2D eigenvalue weighted by Gasteiger charge is 2.33. The fourth-order valence-corrected chi connectivity index (χ4v) is 2.93. The van der Waals surface area contributed by atoms with Gasteiger partial charge in [0.25, 0.3) is 0 Å². The molecule has 6 heteroatoms. The van der Waals surface area contributed by atoms with Crippen LogP contribution in [-0.2, 0) is 4.79 Å². The van der Waals surface area contributed by atoms with Gasteiger partial charge in [0.2, 0.25) is 0 Å². The lowest BCUT2D eigenvalue weighted by atomic mass is 9.93. The third kappa shape index (κ3) is 2.68. The van der Waals surface area contributed by atoms with E-state index in [4.69, 9.17) is 14.6 Å². The van der Waals surface area contributed by atoms with Gasteiger partial charge in [0.15, 0.2) is 11.5 Å². The predicted octanol–water partition coefficient (Wildman–Crippen LogP) is 2.22. The topological polar surface area (TPSA) is 67.8 Å². The van der Waals surface area contributed by atoms with Crippen LogP contribution in [0.25, 0.3) is 0 Å². The second-order valence-electron chi connectivity index (χ2n) is 5.47. The number of halogens is 1. The average Bonchev–Trinajstić information content (AvgIpc) is 2.95. The van der Waals surface area contributed by atoms with Crippen molar-refractivity contribution < 1.29 is 23.8 Å². The first-order valence-corrected chi connectivity index (χ1v) is 7.10. The summed E-state index contributed by atoms with van der Waals surface area (Å²) in [5.41, 5.74) is 1.29. The standard InChI is InChI=1S/C15H18FNO4/c1-8(16)10-5-13-14(21-3-2-20-13)6-11(10)12-4-9(7-17-12)15(18)19/h5-6,8-9,12,17H,2-4,7H2,1H3,(H,18,19). The number of hydrogen-bond donors (Lipinski definition) is 2. The maximum Gasteiger partial charge on any atom is 0.307 e. The van der Waals surface area contributed by atoms with E-state index >= 15 is 0 Å². The molecule has 2 aliphatic rings. The summed E-state index contributed by atoms with van der Waals surface area (Å²) in [4.78, 5) is 11.1. The van der Waals surface area contributed by atoms with Crippen LogP contribution < -0.4 is 14.8 Å². The van der Waals surface area contributed by atoms with Crippen molar-refractivity contribution in [1.82, 2.24) is 5.32 Å². The normalized spacial score (nSPS) is 25.6. The molecular formula is C15H18FNO4. The van der Waals surface area contributed by atoms with Gasteiger partial charge in [-0.2, -0.15) is 0 Å². The number of carbonyl (C=O) groups is 1. The Morgan fingerprint density at radius 2 is 2.05 bits per heavy atom. The fourth-order valence-electron chi connectivity index (χ4n) is 2.93. The van der Waals surface area contributed by atoms with Crippen LogP contribution in [-0.4, -0.2) is 30.8 Å². The first-order valence-electron chi connectivity index (χ1n) is 7.10. The third-order valence-electron chi connectivity index (χ3n) is 4.03. The molecule has 3 atom stereocenters. The zero-order valence-electron chi connectivity index (χ0n) is 11.8. The van der Waals surface area contributed by atoms with Gasteiger partial charge in [0, 0.05) is 12.6 Å². The smallest absolute Gasteiger partial charge is 0.307 e. The molecule has 0 aliphatic carbocycles. The predicted molar refractivity (Wildman–Crippen MR) is 73.4 cm³/mol. The summed E-state index contributed by atoms with van der Waals surface area (Å²) in [5, 5.41) is 12.3.